The van der Waals surface area contributed by atoms with Crippen LogP contribution in [0.5, 0.6) is 0 Å². The van der Waals surface area contributed by atoms with Gasteiger partial charge in [0.25, 0.3) is 0 Å². The average Bonchev–Trinajstić information content (AvgIpc) is 2.99. The molecule has 1 aromatic carbocycles. The Labute approximate surface area is 143 Å². The van der Waals surface area contributed by atoms with Gasteiger partial charge in [-0.05, 0) is 18.9 Å². The van der Waals surface area contributed by atoms with Gasteiger partial charge in [-0.1, -0.05) is 58.0 Å². The summed E-state index contributed by atoms with van der Waals surface area (Å²) in [6, 6.07) is 12.8. The van der Waals surface area contributed by atoms with Crippen molar-refractivity contribution in [2.45, 2.75) is 52.5 Å². The molecule has 2 aromatic heterocycles. The maximum Gasteiger partial charge on any atom is 0.165 e. The number of benzene rings is 1. The third kappa shape index (κ3) is 3.14. The van der Waals surface area contributed by atoms with Gasteiger partial charge in [-0.25, -0.2) is 4.98 Å². The largest absolute Gasteiger partial charge is 0.367 e. The number of fused-ring (bicyclic) bond motifs is 1. The molecule has 126 valence electrons. The van der Waals surface area contributed by atoms with Crippen molar-refractivity contribution >= 4 is 11.5 Å². The monoisotopic (exact) mass is 322 g/mol. The number of rotatable bonds is 4. The summed E-state index contributed by atoms with van der Waals surface area (Å²) in [6.07, 6.45) is 2.97. The van der Waals surface area contributed by atoms with E-state index in [2.05, 4.69) is 63.2 Å². The van der Waals surface area contributed by atoms with E-state index in [0.717, 1.165) is 34.7 Å². The Bertz CT molecular complexity index is 828. The Morgan fingerprint density at radius 3 is 2.50 bits per heavy atom. The van der Waals surface area contributed by atoms with E-state index >= 15 is 0 Å². The van der Waals surface area contributed by atoms with Crippen LogP contribution in [0.2, 0.25) is 0 Å². The molecule has 0 radical (unpaired) electrons. The van der Waals surface area contributed by atoms with E-state index in [1.165, 1.54) is 0 Å². The second-order valence-electron chi connectivity index (χ2n) is 7.39. The van der Waals surface area contributed by atoms with Gasteiger partial charge in [0, 0.05) is 23.1 Å². The molecule has 3 rings (SSSR count). The Balaban J connectivity index is 2.22. The van der Waals surface area contributed by atoms with Crippen LogP contribution in [0.1, 0.15) is 46.7 Å². The molecule has 0 bridgehead atoms. The lowest BCUT2D eigenvalue weighted by Crippen LogP contribution is -2.20. The molecule has 0 fully saturated rings. The molecule has 0 unspecified atom stereocenters. The maximum atomic E-state index is 4.94. The molecule has 4 heteroatoms. The molecule has 0 saturated carbocycles. The van der Waals surface area contributed by atoms with Crippen molar-refractivity contribution in [3.8, 4) is 11.1 Å². The molecule has 0 aliphatic rings. The molecule has 2 heterocycles. The van der Waals surface area contributed by atoms with Crippen molar-refractivity contribution in [3.05, 3.63) is 48.3 Å². The van der Waals surface area contributed by atoms with E-state index in [9.17, 15) is 0 Å². The first-order valence-corrected chi connectivity index (χ1v) is 8.61. The molecule has 0 spiro atoms. The van der Waals surface area contributed by atoms with Crippen LogP contribution in [0.25, 0.3) is 16.8 Å². The van der Waals surface area contributed by atoms with Crippen molar-refractivity contribution < 1.29 is 0 Å². The Morgan fingerprint density at radius 1 is 1.17 bits per heavy atom. The van der Waals surface area contributed by atoms with Crippen LogP contribution < -0.4 is 5.32 Å². The summed E-state index contributed by atoms with van der Waals surface area (Å²) in [6.45, 7) is 10.9. The van der Waals surface area contributed by atoms with Crippen molar-refractivity contribution in [2.75, 3.05) is 5.32 Å². The molecule has 4 nitrogen and oxygen atoms in total. The zero-order valence-corrected chi connectivity index (χ0v) is 15.2. The predicted octanol–water partition coefficient (Wildman–Crippen LogP) is 4.90. The minimum atomic E-state index is -0.0220. The van der Waals surface area contributed by atoms with Crippen LogP contribution >= 0.6 is 0 Å². The molecular weight excluding hydrogens is 296 g/mol. The summed E-state index contributed by atoms with van der Waals surface area (Å²) in [5.41, 5.74) is 4.15. The van der Waals surface area contributed by atoms with Crippen LogP contribution in [0, 0.1) is 0 Å². The van der Waals surface area contributed by atoms with Gasteiger partial charge in [0.05, 0.1) is 11.9 Å². The van der Waals surface area contributed by atoms with Gasteiger partial charge in [-0.3, -0.25) is 0 Å². The van der Waals surface area contributed by atoms with Crippen LogP contribution in [0.3, 0.4) is 0 Å². The Kier molecular flexibility index (Phi) is 4.31. The van der Waals surface area contributed by atoms with Crippen molar-refractivity contribution in [2.24, 2.45) is 0 Å². The van der Waals surface area contributed by atoms with Crippen LogP contribution in [0.15, 0.2) is 42.6 Å². The zero-order chi connectivity index (χ0) is 17.3. The molecule has 0 saturated heterocycles. The number of aromatic nitrogens is 3. The second-order valence-corrected chi connectivity index (χ2v) is 7.39. The van der Waals surface area contributed by atoms with E-state index in [1.807, 2.05) is 28.9 Å². The smallest absolute Gasteiger partial charge is 0.165 e. The fraction of sp³-hybridized carbons (Fsp3) is 0.400. The quantitative estimate of drug-likeness (QED) is 0.742. The van der Waals surface area contributed by atoms with Gasteiger partial charge < -0.3 is 5.32 Å². The lowest BCUT2D eigenvalue weighted by molar-refractivity contribution is 0.568. The second kappa shape index (κ2) is 6.27. The van der Waals surface area contributed by atoms with Crippen molar-refractivity contribution in [1.29, 1.82) is 0 Å². The van der Waals surface area contributed by atoms with Crippen LogP contribution in [-0.4, -0.2) is 20.6 Å². The summed E-state index contributed by atoms with van der Waals surface area (Å²) >= 11 is 0. The highest BCUT2D eigenvalue weighted by Crippen LogP contribution is 2.29. The normalized spacial score (nSPS) is 13.2. The van der Waals surface area contributed by atoms with Crippen LogP contribution in [-0.2, 0) is 5.41 Å². The summed E-state index contributed by atoms with van der Waals surface area (Å²) in [7, 11) is 0. The predicted molar refractivity (Wildman–Crippen MR) is 100 cm³/mol. The van der Waals surface area contributed by atoms with Gasteiger partial charge in [0.15, 0.2) is 5.65 Å². The molecule has 0 aliphatic heterocycles. The Hall–Kier alpha value is -2.36. The van der Waals surface area contributed by atoms with Crippen molar-refractivity contribution in [1.82, 2.24) is 14.6 Å². The number of hydrogen-bond donors (Lipinski definition) is 1. The maximum absolute atomic E-state index is 4.94. The highest BCUT2D eigenvalue weighted by Gasteiger charge is 2.21. The molecule has 24 heavy (non-hydrogen) atoms. The topological polar surface area (TPSA) is 42.2 Å². The summed E-state index contributed by atoms with van der Waals surface area (Å²) in [4.78, 5) is 4.94. The van der Waals surface area contributed by atoms with E-state index < -0.39 is 0 Å². The standard InChI is InChI=1S/C20H26N4/c1-6-14(2)22-18-12-17(20(3,4)5)23-19-16(13-21-24(18)19)15-10-8-7-9-11-15/h7-14,22H,6H2,1-5H3/t14-/m0/s1. The molecule has 0 aliphatic carbocycles. The summed E-state index contributed by atoms with van der Waals surface area (Å²) < 4.78 is 1.92. The number of hydrogen-bond acceptors (Lipinski definition) is 3. The molecule has 0 amide bonds. The summed E-state index contributed by atoms with van der Waals surface area (Å²) in [5.74, 6) is 1.00. The minimum Gasteiger partial charge on any atom is -0.367 e. The number of nitrogens with one attached hydrogen (secondary N) is 1. The number of anilines is 1. The van der Waals surface area contributed by atoms with Crippen molar-refractivity contribution in [3.63, 3.8) is 0 Å². The van der Waals surface area contributed by atoms with Crippen LogP contribution in [0.4, 0.5) is 5.82 Å². The number of nitrogens with zero attached hydrogens (tertiary/aromatic N) is 3. The molecular formula is C20H26N4. The van der Waals surface area contributed by atoms with E-state index in [-0.39, 0.29) is 5.41 Å². The first-order chi connectivity index (χ1) is 11.4. The Morgan fingerprint density at radius 2 is 1.88 bits per heavy atom. The third-order valence-corrected chi connectivity index (χ3v) is 4.33. The van der Waals surface area contributed by atoms with E-state index in [4.69, 9.17) is 4.98 Å². The van der Waals surface area contributed by atoms with Gasteiger partial charge >= 0.3 is 0 Å². The fourth-order valence-corrected chi connectivity index (χ4v) is 2.63. The van der Waals surface area contributed by atoms with Gasteiger partial charge in [-0.2, -0.15) is 9.61 Å². The van der Waals surface area contributed by atoms with Gasteiger partial charge in [0.2, 0.25) is 0 Å². The first-order valence-electron chi connectivity index (χ1n) is 8.61. The lowest BCUT2D eigenvalue weighted by Gasteiger charge is -2.21. The minimum absolute atomic E-state index is 0.0220. The fourth-order valence-electron chi connectivity index (χ4n) is 2.63. The molecule has 3 aromatic rings. The molecule has 1 N–H and O–H groups in total. The van der Waals surface area contributed by atoms with Gasteiger partial charge in [-0.15, -0.1) is 0 Å². The summed E-state index contributed by atoms with van der Waals surface area (Å²) in [5, 5.41) is 8.17. The van der Waals surface area contributed by atoms with E-state index in [0.29, 0.717) is 6.04 Å². The van der Waals surface area contributed by atoms with Gasteiger partial charge in [0.1, 0.15) is 5.82 Å². The lowest BCUT2D eigenvalue weighted by atomic mass is 9.92. The highest BCUT2D eigenvalue weighted by molar-refractivity contribution is 5.78. The SMILES string of the molecule is CC[C@H](C)Nc1cc(C(C)(C)C)nc2c(-c3ccccc3)cnn12. The zero-order valence-electron chi connectivity index (χ0n) is 15.2. The highest BCUT2D eigenvalue weighted by atomic mass is 15.3. The van der Waals surface area contributed by atoms with E-state index in [1.54, 1.807) is 0 Å². The third-order valence-electron chi connectivity index (χ3n) is 4.33. The first kappa shape index (κ1) is 16.5. The average molecular weight is 322 g/mol. The molecule has 1 atom stereocenters.